The Morgan fingerprint density at radius 1 is 1.38 bits per heavy atom. The van der Waals surface area contributed by atoms with Gasteiger partial charge in [0.1, 0.15) is 12.7 Å². The lowest BCUT2D eigenvalue weighted by Gasteiger charge is -2.15. The maximum absolute atomic E-state index is 11.0. The number of hydrogen-bond acceptors (Lipinski definition) is 5. The number of phosphoric ester groups is 1. The highest BCUT2D eigenvalue weighted by Gasteiger charge is 2.19. The normalized spacial score (nSPS) is 13.5. The Morgan fingerprint density at radius 2 is 2.00 bits per heavy atom. The maximum atomic E-state index is 11.0. The lowest BCUT2D eigenvalue weighted by molar-refractivity contribution is -0.148. The largest absolute Gasteiger partial charge is 0.469 e. The molecular weight excluding hydrogens is 239 g/mol. The molecule has 16 heavy (non-hydrogen) atoms. The van der Waals surface area contributed by atoms with Crippen molar-refractivity contribution in [2.24, 2.45) is 0 Å². The van der Waals surface area contributed by atoms with Crippen molar-refractivity contribution in [1.82, 2.24) is 0 Å². The third kappa shape index (κ3) is 8.82. The Labute approximate surface area is 93.9 Å². The van der Waals surface area contributed by atoms with Crippen LogP contribution >= 0.6 is 7.82 Å². The topological polar surface area (TPSA) is 102 Å². The molecule has 0 rings (SSSR count). The summed E-state index contributed by atoms with van der Waals surface area (Å²) in [6.07, 6.45) is 0.291. The maximum Gasteiger partial charge on any atom is 0.469 e. The van der Waals surface area contributed by atoms with Gasteiger partial charge in [-0.2, -0.15) is 0 Å². The quantitative estimate of drug-likeness (QED) is 0.480. The van der Waals surface area contributed by atoms with E-state index >= 15 is 0 Å². The summed E-state index contributed by atoms with van der Waals surface area (Å²) in [5, 5.41) is 0. The van der Waals surface area contributed by atoms with Gasteiger partial charge in [0.2, 0.25) is 0 Å². The highest BCUT2D eigenvalue weighted by molar-refractivity contribution is 7.46. The number of carbonyl (C=O) groups excluding carboxylic acids is 1. The number of ether oxygens (including phenoxy) is 2. The molecular formula is C8H17O7P. The van der Waals surface area contributed by atoms with Gasteiger partial charge in [-0.25, -0.2) is 4.57 Å². The molecule has 0 saturated heterocycles. The highest BCUT2D eigenvalue weighted by atomic mass is 31.2. The summed E-state index contributed by atoms with van der Waals surface area (Å²) in [6, 6.07) is 0. The summed E-state index contributed by atoms with van der Waals surface area (Å²) in [5.74, 6) is -0.374. The van der Waals surface area contributed by atoms with Crippen LogP contribution in [-0.2, 0) is 23.4 Å². The molecule has 96 valence electrons. The number of methoxy groups -OCH3 is 1. The molecule has 0 spiro atoms. The number of phosphoric acid groups is 1. The molecule has 0 aromatic carbocycles. The van der Waals surface area contributed by atoms with E-state index in [1.165, 1.54) is 7.11 Å². The van der Waals surface area contributed by atoms with Crippen LogP contribution in [0.3, 0.4) is 0 Å². The van der Waals surface area contributed by atoms with Crippen molar-refractivity contribution in [2.75, 3.05) is 20.3 Å². The Bertz CT molecular complexity index is 249. The first-order chi connectivity index (χ1) is 7.39. The monoisotopic (exact) mass is 256 g/mol. The van der Waals surface area contributed by atoms with E-state index in [2.05, 4.69) is 4.52 Å². The number of hydrogen-bond donors (Lipinski definition) is 2. The van der Waals surface area contributed by atoms with Crippen LogP contribution in [0, 0.1) is 0 Å². The fraction of sp³-hybridized carbons (Fsp3) is 0.875. The SMILES string of the molecule is CCCC(=O)OCC(COP(=O)(O)O)OC. The molecule has 0 aliphatic heterocycles. The zero-order chi connectivity index (χ0) is 12.6. The molecule has 0 heterocycles. The molecule has 1 unspecified atom stereocenters. The molecule has 8 heteroatoms. The first-order valence-corrected chi connectivity index (χ1v) is 6.30. The minimum atomic E-state index is -4.51. The third-order valence-corrected chi connectivity index (χ3v) is 2.13. The zero-order valence-electron chi connectivity index (χ0n) is 9.29. The summed E-state index contributed by atoms with van der Waals surface area (Å²) in [6.45, 7) is 1.42. The van der Waals surface area contributed by atoms with Crippen LogP contribution in [-0.4, -0.2) is 42.2 Å². The van der Waals surface area contributed by atoms with Crippen molar-refractivity contribution in [3.05, 3.63) is 0 Å². The summed E-state index contributed by atoms with van der Waals surface area (Å²) in [5.41, 5.74) is 0. The van der Waals surface area contributed by atoms with Crippen LogP contribution in [0.15, 0.2) is 0 Å². The van der Waals surface area contributed by atoms with E-state index in [4.69, 9.17) is 19.3 Å². The number of esters is 1. The second-order valence-corrected chi connectivity index (χ2v) is 4.32. The van der Waals surface area contributed by atoms with Gasteiger partial charge < -0.3 is 19.3 Å². The van der Waals surface area contributed by atoms with Gasteiger partial charge in [-0.05, 0) is 6.42 Å². The average molecular weight is 256 g/mol. The van der Waals surface area contributed by atoms with Gasteiger partial charge in [-0.1, -0.05) is 6.92 Å². The van der Waals surface area contributed by atoms with E-state index in [9.17, 15) is 9.36 Å². The lowest BCUT2D eigenvalue weighted by atomic mass is 10.3. The standard InChI is InChI=1S/C8H17O7P/c1-3-4-8(9)14-5-7(13-2)6-15-16(10,11)12/h7H,3-6H2,1-2H3,(H2,10,11,12). The van der Waals surface area contributed by atoms with E-state index in [-0.39, 0.29) is 19.2 Å². The molecule has 0 saturated carbocycles. The third-order valence-electron chi connectivity index (χ3n) is 1.65. The Hall–Kier alpha value is -0.460. The fourth-order valence-corrected chi connectivity index (χ4v) is 1.19. The Morgan fingerprint density at radius 3 is 2.44 bits per heavy atom. The molecule has 1 atom stereocenters. The van der Waals surface area contributed by atoms with E-state index in [0.717, 1.165) is 0 Å². The number of carbonyl (C=O) groups is 1. The molecule has 0 aliphatic carbocycles. The Balaban J connectivity index is 3.83. The van der Waals surface area contributed by atoms with Crippen LogP contribution in [0.5, 0.6) is 0 Å². The van der Waals surface area contributed by atoms with Crippen LogP contribution < -0.4 is 0 Å². The van der Waals surface area contributed by atoms with Gasteiger partial charge in [-0.15, -0.1) is 0 Å². The van der Waals surface area contributed by atoms with E-state index in [1.54, 1.807) is 0 Å². The van der Waals surface area contributed by atoms with E-state index in [1.807, 2.05) is 6.92 Å². The van der Waals surface area contributed by atoms with Crippen molar-refractivity contribution >= 4 is 13.8 Å². The van der Waals surface area contributed by atoms with Crippen molar-refractivity contribution in [1.29, 1.82) is 0 Å². The van der Waals surface area contributed by atoms with Gasteiger partial charge in [-0.3, -0.25) is 9.32 Å². The molecule has 0 aromatic rings. The van der Waals surface area contributed by atoms with Crippen LogP contribution in [0.2, 0.25) is 0 Å². The fourth-order valence-electron chi connectivity index (χ4n) is 0.827. The molecule has 0 amide bonds. The van der Waals surface area contributed by atoms with Gasteiger partial charge in [0, 0.05) is 13.5 Å². The molecule has 0 aliphatic rings. The molecule has 0 fully saturated rings. The van der Waals surface area contributed by atoms with Gasteiger partial charge >= 0.3 is 13.8 Å². The first kappa shape index (κ1) is 15.5. The van der Waals surface area contributed by atoms with Crippen LogP contribution in [0.1, 0.15) is 19.8 Å². The van der Waals surface area contributed by atoms with Crippen LogP contribution in [0.4, 0.5) is 0 Å². The van der Waals surface area contributed by atoms with Gasteiger partial charge in [0.15, 0.2) is 0 Å². The smallest absolute Gasteiger partial charge is 0.463 e. The van der Waals surface area contributed by atoms with Gasteiger partial charge in [0.05, 0.1) is 6.61 Å². The molecule has 7 nitrogen and oxygen atoms in total. The second kappa shape index (κ2) is 7.76. The predicted octanol–water partition coefficient (Wildman–Crippen LogP) is 0.454. The van der Waals surface area contributed by atoms with Crippen molar-refractivity contribution in [3.8, 4) is 0 Å². The van der Waals surface area contributed by atoms with Crippen LogP contribution in [0.25, 0.3) is 0 Å². The van der Waals surface area contributed by atoms with Gasteiger partial charge in [0.25, 0.3) is 0 Å². The summed E-state index contributed by atoms with van der Waals surface area (Å²) < 4.78 is 24.3. The molecule has 2 N–H and O–H groups in total. The molecule has 0 bridgehead atoms. The molecule has 0 aromatic heterocycles. The van der Waals surface area contributed by atoms with E-state index in [0.29, 0.717) is 12.8 Å². The highest BCUT2D eigenvalue weighted by Crippen LogP contribution is 2.35. The summed E-state index contributed by atoms with van der Waals surface area (Å²) in [4.78, 5) is 27.9. The Kier molecular flexibility index (Phi) is 7.53. The number of rotatable bonds is 8. The lowest BCUT2D eigenvalue weighted by Crippen LogP contribution is -2.25. The minimum absolute atomic E-state index is 0.0880. The van der Waals surface area contributed by atoms with Crippen molar-refractivity contribution in [3.63, 3.8) is 0 Å². The molecule has 0 radical (unpaired) electrons. The zero-order valence-corrected chi connectivity index (χ0v) is 10.2. The average Bonchev–Trinajstić information content (AvgIpc) is 2.17. The second-order valence-electron chi connectivity index (χ2n) is 3.08. The first-order valence-electron chi connectivity index (χ1n) is 4.77. The summed E-state index contributed by atoms with van der Waals surface area (Å²) in [7, 11) is -3.18. The van der Waals surface area contributed by atoms with Crippen molar-refractivity contribution in [2.45, 2.75) is 25.9 Å². The van der Waals surface area contributed by atoms with Crippen molar-refractivity contribution < 1.29 is 33.1 Å². The minimum Gasteiger partial charge on any atom is -0.463 e. The van der Waals surface area contributed by atoms with E-state index < -0.39 is 13.9 Å². The summed E-state index contributed by atoms with van der Waals surface area (Å²) >= 11 is 0. The predicted molar refractivity (Wildman–Crippen MR) is 54.7 cm³/mol.